The van der Waals surface area contributed by atoms with Crippen LogP contribution < -0.4 is 10.6 Å². The summed E-state index contributed by atoms with van der Waals surface area (Å²) in [5.74, 6) is 0.244. The lowest BCUT2D eigenvalue weighted by molar-refractivity contribution is -0.123. The fraction of sp³-hybridized carbons (Fsp3) is 0.842. The van der Waals surface area contributed by atoms with Crippen LogP contribution in [0.15, 0.2) is 0 Å². The van der Waals surface area contributed by atoms with E-state index in [2.05, 4.69) is 24.5 Å². The van der Waals surface area contributed by atoms with Gasteiger partial charge in [-0.2, -0.15) is 0 Å². The fourth-order valence-corrected chi connectivity index (χ4v) is 1.64. The van der Waals surface area contributed by atoms with Crippen LogP contribution >= 0.6 is 0 Å². The Morgan fingerprint density at radius 3 is 2.08 bits per heavy atom. The van der Waals surface area contributed by atoms with Gasteiger partial charge in [-0.1, -0.05) is 40.5 Å². The molecule has 0 aromatic carbocycles. The van der Waals surface area contributed by atoms with Crippen molar-refractivity contribution in [2.45, 2.75) is 72.6 Å². The lowest BCUT2D eigenvalue weighted by Crippen LogP contribution is -2.25. The zero-order chi connectivity index (χ0) is 19.3. The number of ketones is 1. The zero-order valence-corrected chi connectivity index (χ0v) is 16.6. The molecule has 0 fully saturated rings. The van der Waals surface area contributed by atoms with Gasteiger partial charge in [-0.05, 0) is 19.3 Å². The summed E-state index contributed by atoms with van der Waals surface area (Å²) >= 11 is 0. The number of hydrogen-bond donors (Lipinski definition) is 2. The van der Waals surface area contributed by atoms with Gasteiger partial charge in [0.2, 0.25) is 12.3 Å². The van der Waals surface area contributed by atoms with E-state index in [1.54, 1.807) is 0 Å². The predicted octanol–water partition coefficient (Wildman–Crippen LogP) is 2.85. The number of amides is 2. The molecule has 0 spiro atoms. The molecule has 0 aliphatic rings. The average molecular weight is 359 g/mol. The third kappa shape index (κ3) is 22.6. The van der Waals surface area contributed by atoms with E-state index in [1.165, 1.54) is 12.8 Å². The maximum atomic E-state index is 11.5. The van der Waals surface area contributed by atoms with Crippen molar-refractivity contribution in [1.29, 1.82) is 0 Å². The Bertz CT molecular complexity index is 331. The van der Waals surface area contributed by atoms with Crippen molar-refractivity contribution in [2.75, 3.05) is 26.3 Å². The minimum absolute atomic E-state index is 0.0123. The van der Waals surface area contributed by atoms with Crippen LogP contribution in [-0.4, -0.2) is 44.4 Å². The maximum absolute atomic E-state index is 11.5. The number of unbranched alkanes of at least 4 members (excludes halogenated alkanes) is 1. The number of carbonyl (C=O) groups is 3. The van der Waals surface area contributed by atoms with Crippen molar-refractivity contribution in [3.8, 4) is 0 Å². The van der Waals surface area contributed by atoms with Crippen molar-refractivity contribution in [3.05, 3.63) is 0 Å². The van der Waals surface area contributed by atoms with Gasteiger partial charge in [-0.25, -0.2) is 0 Å². The Labute approximate surface area is 153 Å². The second-order valence-corrected chi connectivity index (χ2v) is 6.22. The smallest absolute Gasteiger partial charge is 0.220 e. The first-order valence-corrected chi connectivity index (χ1v) is 9.53. The Kier molecular flexibility index (Phi) is 21.3. The summed E-state index contributed by atoms with van der Waals surface area (Å²) in [5, 5.41) is 5.37. The summed E-state index contributed by atoms with van der Waals surface area (Å²) in [5.41, 5.74) is 0. The number of ether oxygens (including phenoxy) is 1. The molecular formula is C19H38N2O4. The molecule has 25 heavy (non-hydrogen) atoms. The molecule has 0 aromatic rings. The highest BCUT2D eigenvalue weighted by Gasteiger charge is 2.08. The molecule has 148 valence electrons. The molecule has 2 amide bonds. The van der Waals surface area contributed by atoms with Gasteiger partial charge in [0.1, 0.15) is 5.78 Å². The second-order valence-electron chi connectivity index (χ2n) is 6.22. The predicted molar refractivity (Wildman–Crippen MR) is 101 cm³/mol. The van der Waals surface area contributed by atoms with Crippen LogP contribution in [0, 0.1) is 5.92 Å². The maximum Gasteiger partial charge on any atom is 0.220 e. The molecule has 0 aliphatic carbocycles. The molecule has 0 saturated carbocycles. The van der Waals surface area contributed by atoms with Gasteiger partial charge in [-0.3, -0.25) is 14.4 Å². The molecule has 6 nitrogen and oxygen atoms in total. The average Bonchev–Trinajstić information content (AvgIpc) is 2.60. The van der Waals surface area contributed by atoms with Crippen molar-refractivity contribution < 1.29 is 19.1 Å². The molecule has 0 radical (unpaired) electrons. The summed E-state index contributed by atoms with van der Waals surface area (Å²) in [6.45, 7) is 10.5. The largest absolute Gasteiger partial charge is 0.381 e. The first kappa shape index (κ1) is 25.8. The molecule has 2 N–H and O–H groups in total. The molecule has 0 rings (SSSR count). The summed E-state index contributed by atoms with van der Waals surface area (Å²) in [4.78, 5) is 32.9. The summed E-state index contributed by atoms with van der Waals surface area (Å²) in [7, 11) is 0. The standard InChI is InChI=1S/C15H28N2O4.C4H10/c1-13(2)14(19)6-3-7-15(20)17-9-5-11-21-10-4-8-16-12-18;1-3-4-2/h12-13H,3-11H2,1-2H3,(H,16,18)(H,17,20);3-4H2,1-2H3. The van der Waals surface area contributed by atoms with Crippen molar-refractivity contribution in [1.82, 2.24) is 10.6 Å². The summed E-state index contributed by atoms with van der Waals surface area (Å²) in [6, 6.07) is 0. The van der Waals surface area contributed by atoms with Gasteiger partial charge in [0.05, 0.1) is 0 Å². The normalized spacial score (nSPS) is 9.96. The molecular weight excluding hydrogens is 320 g/mol. The number of rotatable bonds is 15. The second kappa shape index (κ2) is 20.6. The first-order valence-electron chi connectivity index (χ1n) is 9.53. The van der Waals surface area contributed by atoms with E-state index in [0.29, 0.717) is 52.0 Å². The van der Waals surface area contributed by atoms with Crippen molar-refractivity contribution in [2.24, 2.45) is 5.92 Å². The van der Waals surface area contributed by atoms with Crippen molar-refractivity contribution >= 4 is 18.1 Å². The Morgan fingerprint density at radius 2 is 1.56 bits per heavy atom. The molecule has 0 atom stereocenters. The lowest BCUT2D eigenvalue weighted by atomic mass is 10.0. The van der Waals surface area contributed by atoms with Crippen molar-refractivity contribution in [3.63, 3.8) is 0 Å². The van der Waals surface area contributed by atoms with Gasteiger partial charge in [0.25, 0.3) is 0 Å². The Balaban J connectivity index is 0. The van der Waals surface area contributed by atoms with Gasteiger partial charge in [0, 0.05) is 45.1 Å². The lowest BCUT2D eigenvalue weighted by Gasteiger charge is -2.07. The molecule has 0 aliphatic heterocycles. The van der Waals surface area contributed by atoms with E-state index in [0.717, 1.165) is 12.8 Å². The van der Waals surface area contributed by atoms with Gasteiger partial charge >= 0.3 is 0 Å². The van der Waals surface area contributed by atoms with Gasteiger partial charge < -0.3 is 15.4 Å². The third-order valence-electron chi connectivity index (χ3n) is 3.45. The van der Waals surface area contributed by atoms with Crippen LogP contribution in [0.25, 0.3) is 0 Å². The van der Waals surface area contributed by atoms with E-state index in [4.69, 9.17) is 4.74 Å². The minimum atomic E-state index is -0.0123. The number of carbonyl (C=O) groups excluding carboxylic acids is 3. The van der Waals surface area contributed by atoms with E-state index in [-0.39, 0.29) is 17.6 Å². The summed E-state index contributed by atoms with van der Waals surface area (Å²) < 4.78 is 5.35. The van der Waals surface area contributed by atoms with E-state index in [9.17, 15) is 14.4 Å². The quantitative estimate of drug-likeness (QED) is 0.348. The Hall–Kier alpha value is -1.43. The number of nitrogens with one attached hydrogen (secondary N) is 2. The van der Waals surface area contributed by atoms with Gasteiger partial charge in [0.15, 0.2) is 0 Å². The van der Waals surface area contributed by atoms with E-state index < -0.39 is 0 Å². The van der Waals surface area contributed by atoms with E-state index >= 15 is 0 Å². The summed E-state index contributed by atoms with van der Waals surface area (Å²) in [6.07, 6.45) is 6.35. The molecule has 0 aromatic heterocycles. The molecule has 0 unspecified atom stereocenters. The highest BCUT2D eigenvalue weighted by atomic mass is 16.5. The third-order valence-corrected chi connectivity index (χ3v) is 3.45. The van der Waals surface area contributed by atoms with Crippen LogP contribution in [0.4, 0.5) is 0 Å². The van der Waals surface area contributed by atoms with Crippen LogP contribution in [0.5, 0.6) is 0 Å². The fourth-order valence-electron chi connectivity index (χ4n) is 1.64. The Morgan fingerprint density at radius 1 is 0.960 bits per heavy atom. The number of hydrogen-bond acceptors (Lipinski definition) is 4. The monoisotopic (exact) mass is 358 g/mol. The molecule has 0 bridgehead atoms. The van der Waals surface area contributed by atoms with Crippen LogP contribution in [0.3, 0.4) is 0 Å². The van der Waals surface area contributed by atoms with Gasteiger partial charge in [-0.15, -0.1) is 0 Å². The highest BCUT2D eigenvalue weighted by molar-refractivity contribution is 5.81. The van der Waals surface area contributed by atoms with E-state index in [1.807, 2.05) is 13.8 Å². The highest BCUT2D eigenvalue weighted by Crippen LogP contribution is 2.04. The first-order chi connectivity index (χ1) is 12.0. The molecule has 0 saturated heterocycles. The van der Waals surface area contributed by atoms with Crippen LogP contribution in [-0.2, 0) is 19.1 Å². The SMILES string of the molecule is CC(C)C(=O)CCCC(=O)NCCCOCCCNC=O.CCCC. The topological polar surface area (TPSA) is 84.5 Å². The molecule has 6 heteroatoms. The number of Topliss-reactive ketones (excluding diaryl/α,β-unsaturated/α-hetero) is 1. The molecule has 0 heterocycles. The minimum Gasteiger partial charge on any atom is -0.381 e. The van der Waals surface area contributed by atoms with Crippen LogP contribution in [0.1, 0.15) is 72.6 Å². The zero-order valence-electron chi connectivity index (χ0n) is 16.6. The van der Waals surface area contributed by atoms with Crippen LogP contribution in [0.2, 0.25) is 0 Å².